The number of anilines is 1. The van der Waals surface area contributed by atoms with Crippen molar-refractivity contribution < 1.29 is 9.72 Å². The fraction of sp³-hybridized carbons (Fsp3) is 0.417. The summed E-state index contributed by atoms with van der Waals surface area (Å²) in [7, 11) is 0. The van der Waals surface area contributed by atoms with Gasteiger partial charge in [0.2, 0.25) is 0 Å². The van der Waals surface area contributed by atoms with E-state index in [0.29, 0.717) is 17.8 Å². The third-order valence-electron chi connectivity index (χ3n) is 2.75. The van der Waals surface area contributed by atoms with Gasteiger partial charge in [-0.05, 0) is 25.8 Å². The van der Waals surface area contributed by atoms with Gasteiger partial charge in [-0.1, -0.05) is 6.07 Å². The van der Waals surface area contributed by atoms with Gasteiger partial charge in [-0.25, -0.2) is 0 Å². The van der Waals surface area contributed by atoms with Crippen molar-refractivity contribution >= 4 is 17.3 Å². The van der Waals surface area contributed by atoms with Crippen molar-refractivity contribution in [2.24, 2.45) is 0 Å². The summed E-state index contributed by atoms with van der Waals surface area (Å²) in [6.45, 7) is 2.36. The van der Waals surface area contributed by atoms with Crippen LogP contribution in [0.4, 0.5) is 11.4 Å². The number of rotatable bonds is 5. The van der Waals surface area contributed by atoms with Crippen LogP contribution in [0, 0.1) is 10.1 Å². The Morgan fingerprint density at radius 2 is 2.22 bits per heavy atom. The molecule has 1 saturated carbocycles. The van der Waals surface area contributed by atoms with Crippen LogP contribution < -0.4 is 10.6 Å². The van der Waals surface area contributed by atoms with Gasteiger partial charge in [-0.3, -0.25) is 14.9 Å². The smallest absolute Gasteiger partial charge is 0.293 e. The second-order valence-corrected chi connectivity index (χ2v) is 4.23. The molecule has 0 saturated heterocycles. The molecule has 0 heterocycles. The lowest BCUT2D eigenvalue weighted by molar-refractivity contribution is -0.384. The molecule has 0 atom stereocenters. The average molecular weight is 249 g/mol. The Kier molecular flexibility index (Phi) is 3.45. The Labute approximate surface area is 105 Å². The third-order valence-corrected chi connectivity index (χ3v) is 2.75. The Balaban J connectivity index is 2.34. The number of nitro benzene ring substituents is 1. The Hall–Kier alpha value is -2.11. The molecule has 1 aromatic carbocycles. The number of hydrogen-bond donors (Lipinski definition) is 2. The van der Waals surface area contributed by atoms with E-state index in [9.17, 15) is 14.9 Å². The summed E-state index contributed by atoms with van der Waals surface area (Å²) >= 11 is 0. The maximum absolute atomic E-state index is 12.0. The second kappa shape index (κ2) is 5.03. The summed E-state index contributed by atoms with van der Waals surface area (Å²) < 4.78 is 0. The van der Waals surface area contributed by atoms with Gasteiger partial charge in [0.1, 0.15) is 5.69 Å². The van der Waals surface area contributed by atoms with E-state index in [1.54, 1.807) is 6.07 Å². The van der Waals surface area contributed by atoms with Gasteiger partial charge in [-0.2, -0.15) is 0 Å². The quantitative estimate of drug-likeness (QED) is 0.616. The highest BCUT2D eigenvalue weighted by Crippen LogP contribution is 2.29. The largest absolute Gasteiger partial charge is 0.379 e. The molecule has 2 N–H and O–H groups in total. The zero-order valence-electron chi connectivity index (χ0n) is 10.1. The van der Waals surface area contributed by atoms with E-state index in [1.165, 1.54) is 12.1 Å². The number of carbonyl (C=O) groups excluding carboxylic acids is 1. The summed E-state index contributed by atoms with van der Waals surface area (Å²) in [5.74, 6) is -0.253. The van der Waals surface area contributed by atoms with Gasteiger partial charge >= 0.3 is 0 Å². The topological polar surface area (TPSA) is 84.3 Å². The van der Waals surface area contributed by atoms with Crippen molar-refractivity contribution in [3.05, 3.63) is 33.9 Å². The van der Waals surface area contributed by atoms with Gasteiger partial charge < -0.3 is 10.6 Å². The zero-order valence-corrected chi connectivity index (χ0v) is 10.1. The van der Waals surface area contributed by atoms with Crippen molar-refractivity contribution in [1.82, 2.24) is 5.32 Å². The standard InChI is InChI=1S/C12H15N3O3/c1-2-13-11-9(12(16)14-8-6-7-8)4-3-5-10(11)15(17)18/h3-5,8,13H,2,6-7H2,1H3,(H,14,16). The summed E-state index contributed by atoms with van der Waals surface area (Å²) in [6.07, 6.45) is 1.97. The Morgan fingerprint density at radius 3 is 2.78 bits per heavy atom. The number of nitrogens with one attached hydrogen (secondary N) is 2. The summed E-state index contributed by atoms with van der Waals surface area (Å²) in [4.78, 5) is 22.5. The zero-order chi connectivity index (χ0) is 13.1. The molecular weight excluding hydrogens is 234 g/mol. The summed E-state index contributed by atoms with van der Waals surface area (Å²) in [6, 6.07) is 4.75. The van der Waals surface area contributed by atoms with Crippen molar-refractivity contribution in [1.29, 1.82) is 0 Å². The highest BCUT2D eigenvalue weighted by atomic mass is 16.6. The second-order valence-electron chi connectivity index (χ2n) is 4.23. The molecule has 0 spiro atoms. The van der Waals surface area contributed by atoms with E-state index < -0.39 is 4.92 Å². The van der Waals surface area contributed by atoms with Gasteiger partial charge in [0.15, 0.2) is 0 Å². The number of para-hydroxylation sites is 1. The number of carbonyl (C=O) groups is 1. The van der Waals surface area contributed by atoms with Crippen molar-refractivity contribution in [2.75, 3.05) is 11.9 Å². The molecule has 6 nitrogen and oxygen atoms in total. The first-order valence-electron chi connectivity index (χ1n) is 5.95. The minimum absolute atomic E-state index is 0.0692. The molecule has 0 aromatic heterocycles. The van der Waals surface area contributed by atoms with Crippen molar-refractivity contribution in [3.8, 4) is 0 Å². The van der Waals surface area contributed by atoms with Gasteiger partial charge in [0.05, 0.1) is 10.5 Å². The molecule has 0 radical (unpaired) electrons. The average Bonchev–Trinajstić information content (AvgIpc) is 3.13. The van der Waals surface area contributed by atoms with Crippen LogP contribution in [0.5, 0.6) is 0 Å². The fourth-order valence-electron chi connectivity index (χ4n) is 1.73. The molecule has 18 heavy (non-hydrogen) atoms. The highest BCUT2D eigenvalue weighted by Gasteiger charge is 2.27. The molecular formula is C12H15N3O3. The van der Waals surface area contributed by atoms with Crippen LogP contribution in [-0.4, -0.2) is 23.4 Å². The van der Waals surface area contributed by atoms with Crippen LogP contribution in [0.1, 0.15) is 30.1 Å². The predicted molar refractivity (Wildman–Crippen MR) is 67.7 cm³/mol. The normalized spacial score (nSPS) is 14.1. The minimum Gasteiger partial charge on any atom is -0.379 e. The third kappa shape index (κ3) is 2.58. The van der Waals surface area contributed by atoms with Crippen LogP contribution in [0.2, 0.25) is 0 Å². The Bertz CT molecular complexity index is 483. The number of nitrogens with zero attached hydrogens (tertiary/aromatic N) is 1. The first kappa shape index (κ1) is 12.3. The molecule has 1 aliphatic carbocycles. The predicted octanol–water partition coefficient (Wildman–Crippen LogP) is 1.92. The lowest BCUT2D eigenvalue weighted by Crippen LogP contribution is -2.26. The SMILES string of the molecule is CCNc1c(C(=O)NC2CC2)cccc1[N+](=O)[O-]. The maximum atomic E-state index is 12.0. The fourth-order valence-corrected chi connectivity index (χ4v) is 1.73. The van der Waals surface area contributed by atoms with Crippen molar-refractivity contribution in [3.63, 3.8) is 0 Å². The summed E-state index contributed by atoms with van der Waals surface area (Å²) in [5, 5.41) is 16.7. The van der Waals surface area contributed by atoms with E-state index >= 15 is 0 Å². The number of hydrogen-bond acceptors (Lipinski definition) is 4. The van der Waals surface area contributed by atoms with E-state index in [2.05, 4.69) is 10.6 Å². The van der Waals surface area contributed by atoms with Crippen LogP contribution in [-0.2, 0) is 0 Å². The molecule has 6 heteroatoms. The molecule has 1 amide bonds. The monoisotopic (exact) mass is 249 g/mol. The minimum atomic E-state index is -0.480. The molecule has 2 rings (SSSR count). The molecule has 1 aromatic rings. The first-order chi connectivity index (χ1) is 8.63. The molecule has 0 bridgehead atoms. The number of nitro groups is 1. The van der Waals surface area contributed by atoms with E-state index in [1.807, 2.05) is 6.92 Å². The Morgan fingerprint density at radius 1 is 1.50 bits per heavy atom. The lowest BCUT2D eigenvalue weighted by Gasteiger charge is -2.10. The number of amides is 1. The van der Waals surface area contributed by atoms with Crippen LogP contribution in [0.3, 0.4) is 0 Å². The van der Waals surface area contributed by atoms with Crippen LogP contribution >= 0.6 is 0 Å². The molecule has 1 fully saturated rings. The van der Waals surface area contributed by atoms with Crippen molar-refractivity contribution in [2.45, 2.75) is 25.8 Å². The van der Waals surface area contributed by atoms with Gasteiger partial charge in [0, 0.05) is 18.7 Å². The molecule has 0 aliphatic heterocycles. The van der Waals surface area contributed by atoms with Crippen LogP contribution in [0.25, 0.3) is 0 Å². The van der Waals surface area contributed by atoms with Gasteiger partial charge in [-0.15, -0.1) is 0 Å². The number of benzene rings is 1. The van der Waals surface area contributed by atoms with Gasteiger partial charge in [0.25, 0.3) is 11.6 Å². The van der Waals surface area contributed by atoms with E-state index in [4.69, 9.17) is 0 Å². The molecule has 0 unspecified atom stereocenters. The van der Waals surface area contributed by atoms with Crippen LogP contribution in [0.15, 0.2) is 18.2 Å². The lowest BCUT2D eigenvalue weighted by atomic mass is 10.1. The van der Waals surface area contributed by atoms with E-state index in [0.717, 1.165) is 12.8 Å². The first-order valence-corrected chi connectivity index (χ1v) is 5.95. The maximum Gasteiger partial charge on any atom is 0.293 e. The highest BCUT2D eigenvalue weighted by molar-refractivity contribution is 6.01. The van der Waals surface area contributed by atoms with E-state index in [-0.39, 0.29) is 17.6 Å². The molecule has 1 aliphatic rings. The summed E-state index contributed by atoms with van der Waals surface area (Å²) in [5.41, 5.74) is 0.557. The molecule has 96 valence electrons.